The molecule has 8 heteroatoms. The standard InChI is InChI=1S/C22H20N4O2S2/c1-30(27,28)26-16-5-2-13(3-6-16)17-11-25-22(23)20-18(12-29-21(17)20)14-4-7-19-15(10-14)8-9-24-19/h2-7,10-12,24,26H,8-9H2,1H3,(H2,23,25). The highest BCUT2D eigenvalue weighted by molar-refractivity contribution is 7.92. The van der Waals surface area contributed by atoms with Crippen molar-refractivity contribution in [1.29, 1.82) is 0 Å². The van der Waals surface area contributed by atoms with Crippen LogP contribution in [0.1, 0.15) is 5.56 Å². The number of sulfonamides is 1. The lowest BCUT2D eigenvalue weighted by Crippen LogP contribution is -2.09. The topological polar surface area (TPSA) is 97.1 Å². The minimum Gasteiger partial charge on any atom is -0.384 e. The van der Waals surface area contributed by atoms with Gasteiger partial charge in [0.05, 0.1) is 6.26 Å². The molecule has 0 bridgehead atoms. The number of hydrogen-bond acceptors (Lipinski definition) is 6. The molecular weight excluding hydrogens is 416 g/mol. The molecule has 4 aromatic rings. The number of aromatic nitrogens is 1. The second-order valence-electron chi connectivity index (χ2n) is 7.41. The summed E-state index contributed by atoms with van der Waals surface area (Å²) in [4.78, 5) is 4.46. The Labute approximate surface area is 178 Å². The smallest absolute Gasteiger partial charge is 0.229 e. The van der Waals surface area contributed by atoms with Gasteiger partial charge in [0.2, 0.25) is 10.0 Å². The Hall–Kier alpha value is -3.10. The molecule has 0 spiro atoms. The molecule has 1 aliphatic rings. The first-order valence-electron chi connectivity index (χ1n) is 9.50. The van der Waals surface area contributed by atoms with Crippen LogP contribution in [-0.2, 0) is 16.4 Å². The maximum Gasteiger partial charge on any atom is 0.229 e. The molecule has 0 fully saturated rings. The van der Waals surface area contributed by atoms with E-state index in [0.29, 0.717) is 11.5 Å². The highest BCUT2D eigenvalue weighted by atomic mass is 32.2. The van der Waals surface area contributed by atoms with Crippen molar-refractivity contribution in [2.45, 2.75) is 6.42 Å². The lowest BCUT2D eigenvalue weighted by Gasteiger charge is -2.09. The van der Waals surface area contributed by atoms with Crippen LogP contribution in [0.25, 0.3) is 32.3 Å². The summed E-state index contributed by atoms with van der Waals surface area (Å²) in [6.07, 6.45) is 3.94. The molecule has 1 aliphatic heterocycles. The quantitative estimate of drug-likeness (QED) is 0.436. The number of hydrogen-bond donors (Lipinski definition) is 3. The number of nitrogen functional groups attached to an aromatic ring is 1. The van der Waals surface area contributed by atoms with E-state index >= 15 is 0 Å². The predicted molar refractivity (Wildman–Crippen MR) is 126 cm³/mol. The number of nitrogens with zero attached hydrogens (tertiary/aromatic N) is 1. The summed E-state index contributed by atoms with van der Waals surface area (Å²) in [6.45, 7) is 0.973. The summed E-state index contributed by atoms with van der Waals surface area (Å²) in [6, 6.07) is 13.8. The number of rotatable bonds is 4. The van der Waals surface area contributed by atoms with Crippen LogP contribution in [0.2, 0.25) is 0 Å². The molecule has 0 atom stereocenters. The lowest BCUT2D eigenvalue weighted by atomic mass is 9.99. The Morgan fingerprint density at radius 3 is 2.63 bits per heavy atom. The lowest BCUT2D eigenvalue weighted by molar-refractivity contribution is 0.607. The van der Waals surface area contributed by atoms with Gasteiger partial charge in [-0.1, -0.05) is 18.2 Å². The third-order valence-electron chi connectivity index (χ3n) is 5.25. The van der Waals surface area contributed by atoms with Crippen molar-refractivity contribution >= 4 is 48.6 Å². The zero-order valence-corrected chi connectivity index (χ0v) is 17.9. The molecular formula is C22H20N4O2S2. The maximum absolute atomic E-state index is 11.4. The molecule has 3 heterocycles. The fraction of sp³-hybridized carbons (Fsp3) is 0.136. The van der Waals surface area contributed by atoms with Crippen LogP contribution in [0.15, 0.2) is 54.0 Å². The van der Waals surface area contributed by atoms with E-state index in [0.717, 1.165) is 51.6 Å². The van der Waals surface area contributed by atoms with Crippen molar-refractivity contribution in [3.8, 4) is 22.3 Å². The van der Waals surface area contributed by atoms with Crippen LogP contribution in [-0.4, -0.2) is 26.2 Å². The fourth-order valence-corrected chi connectivity index (χ4v) is 5.57. The van der Waals surface area contributed by atoms with Crippen molar-refractivity contribution in [2.24, 2.45) is 0 Å². The zero-order chi connectivity index (χ0) is 20.9. The number of benzene rings is 2. The Bertz CT molecular complexity index is 1380. The molecule has 2 aromatic heterocycles. The minimum atomic E-state index is -3.31. The average molecular weight is 437 g/mol. The Morgan fingerprint density at radius 1 is 1.10 bits per heavy atom. The summed E-state index contributed by atoms with van der Waals surface area (Å²) in [5.74, 6) is 0.513. The third kappa shape index (κ3) is 3.38. The Morgan fingerprint density at radius 2 is 1.87 bits per heavy atom. The predicted octanol–water partition coefficient (Wildman–Crippen LogP) is 4.55. The van der Waals surface area contributed by atoms with Crippen LogP contribution in [0, 0.1) is 0 Å². The first-order valence-corrected chi connectivity index (χ1v) is 12.3. The third-order valence-corrected chi connectivity index (χ3v) is 6.87. The van der Waals surface area contributed by atoms with E-state index < -0.39 is 10.0 Å². The normalized spacial score (nSPS) is 13.2. The van der Waals surface area contributed by atoms with Gasteiger partial charge in [-0.15, -0.1) is 11.3 Å². The van der Waals surface area contributed by atoms with Crippen LogP contribution in [0.4, 0.5) is 17.2 Å². The first kappa shape index (κ1) is 18.9. The largest absolute Gasteiger partial charge is 0.384 e. The number of anilines is 3. The second kappa shape index (κ2) is 7.00. The monoisotopic (exact) mass is 436 g/mol. The molecule has 6 nitrogen and oxygen atoms in total. The van der Waals surface area contributed by atoms with Crippen LogP contribution >= 0.6 is 11.3 Å². The van der Waals surface area contributed by atoms with Gasteiger partial charge in [0.25, 0.3) is 0 Å². The molecule has 152 valence electrons. The number of nitrogens with one attached hydrogen (secondary N) is 2. The average Bonchev–Trinajstić information content (AvgIpc) is 3.35. The Kier molecular flexibility index (Phi) is 4.41. The van der Waals surface area contributed by atoms with Crippen LogP contribution < -0.4 is 15.8 Å². The van der Waals surface area contributed by atoms with Crippen molar-refractivity contribution in [1.82, 2.24) is 4.98 Å². The van der Waals surface area contributed by atoms with E-state index in [-0.39, 0.29) is 0 Å². The minimum absolute atomic E-state index is 0.513. The summed E-state index contributed by atoms with van der Waals surface area (Å²) in [5, 5.41) is 6.49. The van der Waals surface area contributed by atoms with Crippen molar-refractivity contribution in [2.75, 3.05) is 28.6 Å². The summed E-state index contributed by atoms with van der Waals surface area (Å²) < 4.78 is 26.4. The zero-order valence-electron chi connectivity index (χ0n) is 16.3. The highest BCUT2D eigenvalue weighted by Crippen LogP contribution is 2.42. The molecule has 0 amide bonds. The van der Waals surface area contributed by atoms with Crippen molar-refractivity contribution in [3.63, 3.8) is 0 Å². The van der Waals surface area contributed by atoms with Gasteiger partial charge in [0.15, 0.2) is 0 Å². The van der Waals surface area contributed by atoms with Gasteiger partial charge >= 0.3 is 0 Å². The van der Waals surface area contributed by atoms with E-state index in [1.165, 1.54) is 11.3 Å². The molecule has 4 N–H and O–H groups in total. The first-order chi connectivity index (χ1) is 14.4. The summed E-state index contributed by atoms with van der Waals surface area (Å²) >= 11 is 1.64. The van der Waals surface area contributed by atoms with Crippen LogP contribution in [0.5, 0.6) is 0 Å². The van der Waals surface area contributed by atoms with Gasteiger partial charge in [-0.2, -0.15) is 0 Å². The van der Waals surface area contributed by atoms with Gasteiger partial charge in [0, 0.05) is 45.3 Å². The van der Waals surface area contributed by atoms with Gasteiger partial charge in [-0.3, -0.25) is 4.72 Å². The van der Waals surface area contributed by atoms with E-state index in [1.54, 1.807) is 29.7 Å². The molecule has 0 unspecified atom stereocenters. The summed E-state index contributed by atoms with van der Waals surface area (Å²) in [7, 11) is -3.31. The molecule has 5 rings (SSSR count). The van der Waals surface area contributed by atoms with Gasteiger partial charge in [-0.25, -0.2) is 13.4 Å². The molecule has 0 aliphatic carbocycles. The van der Waals surface area contributed by atoms with Crippen molar-refractivity contribution < 1.29 is 8.42 Å². The molecule has 30 heavy (non-hydrogen) atoms. The summed E-state index contributed by atoms with van der Waals surface area (Å²) in [5.41, 5.74) is 13.5. The SMILES string of the molecule is CS(=O)(=O)Nc1ccc(-c2cnc(N)c3c(-c4ccc5c(c4)CCN5)csc23)cc1. The van der Waals surface area contributed by atoms with Crippen LogP contribution in [0.3, 0.4) is 0 Å². The maximum atomic E-state index is 11.4. The van der Waals surface area contributed by atoms with E-state index in [4.69, 9.17) is 5.73 Å². The fourth-order valence-electron chi connectivity index (χ4n) is 3.89. The van der Waals surface area contributed by atoms with E-state index in [9.17, 15) is 8.42 Å². The number of fused-ring (bicyclic) bond motifs is 2. The Balaban J connectivity index is 1.59. The highest BCUT2D eigenvalue weighted by Gasteiger charge is 2.17. The number of pyridine rings is 1. The van der Waals surface area contributed by atoms with Gasteiger partial charge < -0.3 is 11.1 Å². The van der Waals surface area contributed by atoms with Gasteiger partial charge in [-0.05, 0) is 52.8 Å². The van der Waals surface area contributed by atoms with Gasteiger partial charge in [0.1, 0.15) is 5.82 Å². The molecule has 2 aromatic carbocycles. The molecule has 0 saturated carbocycles. The number of nitrogens with two attached hydrogens (primary N) is 1. The van der Waals surface area contributed by atoms with Crippen molar-refractivity contribution in [3.05, 3.63) is 59.6 Å². The number of thiophene rings is 1. The van der Waals surface area contributed by atoms with E-state index in [1.807, 2.05) is 12.1 Å². The second-order valence-corrected chi connectivity index (χ2v) is 10.0. The molecule has 0 radical (unpaired) electrons. The van der Waals surface area contributed by atoms with E-state index in [2.05, 4.69) is 38.6 Å². The molecule has 0 saturated heterocycles.